The first-order chi connectivity index (χ1) is 14.6. The second kappa shape index (κ2) is 9.16. The van der Waals surface area contributed by atoms with E-state index in [2.05, 4.69) is 5.10 Å². The highest BCUT2D eigenvalue weighted by atomic mass is 19.3. The van der Waals surface area contributed by atoms with Gasteiger partial charge in [0.25, 0.3) is 5.92 Å². The van der Waals surface area contributed by atoms with Crippen molar-refractivity contribution in [2.75, 3.05) is 13.2 Å². The molecular weight excluding hydrogens is 406 g/mol. The zero-order valence-corrected chi connectivity index (χ0v) is 17.6. The zero-order valence-electron chi connectivity index (χ0n) is 17.6. The summed E-state index contributed by atoms with van der Waals surface area (Å²) in [5.74, 6) is -2.75. The summed E-state index contributed by atoms with van der Waals surface area (Å²) in [4.78, 5) is 10.6. The van der Waals surface area contributed by atoms with Gasteiger partial charge >= 0.3 is 5.97 Å². The number of nitrogens with zero attached hydrogens (tertiary/aromatic N) is 2. The number of alkyl halides is 2. The largest absolute Gasteiger partial charge is 0.493 e. The number of hydrogen-bond donors (Lipinski definition) is 1. The smallest absolute Gasteiger partial charge is 0.341 e. The molecule has 0 aliphatic heterocycles. The number of rotatable bonds is 9. The van der Waals surface area contributed by atoms with Crippen LogP contribution < -0.4 is 9.47 Å². The highest BCUT2D eigenvalue weighted by Gasteiger charge is 2.23. The third-order valence-electron chi connectivity index (χ3n) is 4.78. The van der Waals surface area contributed by atoms with Crippen molar-refractivity contribution >= 4 is 5.97 Å². The van der Waals surface area contributed by atoms with E-state index in [1.807, 2.05) is 20.0 Å². The first-order valence-electron chi connectivity index (χ1n) is 9.75. The lowest BCUT2D eigenvalue weighted by Crippen LogP contribution is -2.10. The molecule has 31 heavy (non-hydrogen) atoms. The Balaban J connectivity index is 1.60. The van der Waals surface area contributed by atoms with Crippen LogP contribution in [0.3, 0.4) is 0 Å². The number of aryl methyl sites for hydroxylation is 2. The van der Waals surface area contributed by atoms with Crippen molar-refractivity contribution in [1.29, 1.82) is 0 Å². The number of halogens is 2. The van der Waals surface area contributed by atoms with Crippen LogP contribution in [-0.4, -0.2) is 34.1 Å². The van der Waals surface area contributed by atoms with Gasteiger partial charge in [-0.05, 0) is 55.3 Å². The lowest BCUT2D eigenvalue weighted by atomic mass is 10.1. The predicted molar refractivity (Wildman–Crippen MR) is 111 cm³/mol. The van der Waals surface area contributed by atoms with E-state index in [-0.39, 0.29) is 5.56 Å². The molecule has 0 radical (unpaired) electrons. The summed E-state index contributed by atoms with van der Waals surface area (Å²) in [6.07, 6.45) is 2.49. The number of aliphatic carboxylic acids is 1. The van der Waals surface area contributed by atoms with Crippen molar-refractivity contribution < 1.29 is 28.2 Å². The number of hydrogen-bond acceptors (Lipinski definition) is 4. The minimum Gasteiger partial charge on any atom is -0.493 e. The molecule has 0 saturated carbocycles. The zero-order chi connectivity index (χ0) is 22.6. The maximum Gasteiger partial charge on any atom is 0.341 e. The van der Waals surface area contributed by atoms with E-state index < -0.39 is 18.5 Å². The average Bonchev–Trinajstić information content (AvgIpc) is 3.07. The minimum atomic E-state index is -2.87. The molecule has 0 bridgehead atoms. The molecule has 0 aliphatic rings. The molecule has 0 amide bonds. The lowest BCUT2D eigenvalue weighted by Gasteiger charge is -2.11. The Morgan fingerprint density at radius 3 is 2.45 bits per heavy atom. The van der Waals surface area contributed by atoms with Gasteiger partial charge in [-0.15, -0.1) is 0 Å². The molecular formula is C23H24F2N2O4. The number of carboxylic acids is 1. The van der Waals surface area contributed by atoms with Crippen LogP contribution in [0.5, 0.6) is 11.5 Å². The molecule has 0 fully saturated rings. The summed E-state index contributed by atoms with van der Waals surface area (Å²) >= 11 is 0. The number of aromatic nitrogens is 2. The second-order valence-corrected chi connectivity index (χ2v) is 7.33. The number of carbonyl (C=O) groups is 1. The van der Waals surface area contributed by atoms with Crippen molar-refractivity contribution in [3.63, 3.8) is 0 Å². The van der Waals surface area contributed by atoms with Crippen LogP contribution in [0.15, 0.2) is 48.7 Å². The first-order valence-corrected chi connectivity index (χ1v) is 9.75. The summed E-state index contributed by atoms with van der Waals surface area (Å²) < 4.78 is 39.4. The van der Waals surface area contributed by atoms with Gasteiger partial charge in [-0.25, -0.2) is 18.3 Å². The molecule has 0 atom stereocenters. The van der Waals surface area contributed by atoms with E-state index >= 15 is 0 Å². The highest BCUT2D eigenvalue weighted by molar-refractivity contribution is 5.68. The third kappa shape index (κ3) is 5.81. The molecule has 6 nitrogen and oxygen atoms in total. The molecule has 1 aromatic heterocycles. The SMILES string of the molecule is Cc1cc(OCCc2cn(-c3ccc(C(C)(F)F)cc3)nc2C)ccc1OCC(=O)O. The van der Waals surface area contributed by atoms with Gasteiger partial charge in [0.1, 0.15) is 11.5 Å². The fraction of sp³-hybridized carbons (Fsp3) is 0.304. The van der Waals surface area contributed by atoms with E-state index in [9.17, 15) is 13.6 Å². The van der Waals surface area contributed by atoms with Gasteiger partial charge < -0.3 is 14.6 Å². The molecule has 8 heteroatoms. The molecule has 0 spiro atoms. The normalized spacial score (nSPS) is 11.4. The van der Waals surface area contributed by atoms with Crippen LogP contribution >= 0.6 is 0 Å². The summed E-state index contributed by atoms with van der Waals surface area (Å²) in [5.41, 5.74) is 3.27. The maximum atomic E-state index is 13.4. The lowest BCUT2D eigenvalue weighted by molar-refractivity contribution is -0.139. The Morgan fingerprint density at radius 2 is 1.84 bits per heavy atom. The number of ether oxygens (including phenoxy) is 2. The Labute approximate surface area is 179 Å². The molecule has 0 unspecified atom stereocenters. The van der Waals surface area contributed by atoms with E-state index in [0.29, 0.717) is 30.2 Å². The van der Waals surface area contributed by atoms with Crippen LogP contribution in [0.2, 0.25) is 0 Å². The van der Waals surface area contributed by atoms with Gasteiger partial charge in [0.2, 0.25) is 0 Å². The van der Waals surface area contributed by atoms with Crippen molar-refractivity contribution in [3.8, 4) is 17.2 Å². The van der Waals surface area contributed by atoms with Crippen molar-refractivity contribution in [3.05, 3.63) is 71.0 Å². The van der Waals surface area contributed by atoms with Gasteiger partial charge in [-0.2, -0.15) is 5.10 Å². The average molecular weight is 430 g/mol. The predicted octanol–water partition coefficient (Wildman–Crippen LogP) is 4.69. The third-order valence-corrected chi connectivity index (χ3v) is 4.78. The van der Waals surface area contributed by atoms with Crippen LogP contribution in [-0.2, 0) is 17.1 Å². The van der Waals surface area contributed by atoms with Crippen LogP contribution in [0.25, 0.3) is 5.69 Å². The molecule has 0 saturated heterocycles. The molecule has 2 aromatic carbocycles. The molecule has 3 aromatic rings. The van der Waals surface area contributed by atoms with Gasteiger partial charge in [0.15, 0.2) is 6.61 Å². The van der Waals surface area contributed by atoms with Crippen LogP contribution in [0, 0.1) is 13.8 Å². The molecule has 1 heterocycles. The Morgan fingerprint density at radius 1 is 1.13 bits per heavy atom. The standard InChI is InChI=1S/C23H24F2N2O4/c1-15-12-20(8-9-21(15)31-14-22(28)29)30-11-10-17-13-27(26-16(17)2)19-6-4-18(5-7-19)23(3,24)25/h4-9,12-13H,10-11,14H2,1-3H3,(H,28,29). The van der Waals surface area contributed by atoms with E-state index in [4.69, 9.17) is 14.6 Å². The van der Waals surface area contributed by atoms with E-state index in [1.54, 1.807) is 35.0 Å². The van der Waals surface area contributed by atoms with Gasteiger partial charge in [0.05, 0.1) is 18.0 Å². The van der Waals surface area contributed by atoms with Gasteiger partial charge in [0, 0.05) is 25.1 Å². The van der Waals surface area contributed by atoms with Crippen molar-refractivity contribution in [2.45, 2.75) is 33.1 Å². The monoisotopic (exact) mass is 430 g/mol. The Bertz CT molecular complexity index is 1060. The number of carboxylic acid groups (broad SMARTS) is 1. The summed E-state index contributed by atoms with van der Waals surface area (Å²) in [5, 5.41) is 13.2. The Kier molecular flexibility index (Phi) is 6.58. The molecule has 164 valence electrons. The highest BCUT2D eigenvalue weighted by Crippen LogP contribution is 2.27. The minimum absolute atomic E-state index is 0.0385. The molecule has 0 aliphatic carbocycles. The van der Waals surface area contributed by atoms with Crippen LogP contribution in [0.1, 0.15) is 29.3 Å². The van der Waals surface area contributed by atoms with Crippen LogP contribution in [0.4, 0.5) is 8.78 Å². The topological polar surface area (TPSA) is 73.6 Å². The quantitative estimate of drug-likeness (QED) is 0.533. The fourth-order valence-electron chi connectivity index (χ4n) is 3.07. The summed E-state index contributed by atoms with van der Waals surface area (Å²) in [6, 6.07) is 11.2. The van der Waals surface area contributed by atoms with Crippen molar-refractivity contribution in [1.82, 2.24) is 9.78 Å². The number of benzene rings is 2. The van der Waals surface area contributed by atoms with Crippen molar-refractivity contribution in [2.24, 2.45) is 0 Å². The van der Waals surface area contributed by atoms with Gasteiger partial charge in [-0.3, -0.25) is 0 Å². The fourth-order valence-corrected chi connectivity index (χ4v) is 3.07. The summed E-state index contributed by atoms with van der Waals surface area (Å²) in [7, 11) is 0. The Hall–Kier alpha value is -3.42. The molecule has 3 rings (SSSR count). The van der Waals surface area contributed by atoms with Gasteiger partial charge in [-0.1, -0.05) is 12.1 Å². The van der Waals surface area contributed by atoms with E-state index in [1.165, 1.54) is 12.1 Å². The maximum absolute atomic E-state index is 13.4. The first kappa shape index (κ1) is 22.3. The van der Waals surface area contributed by atoms with E-state index in [0.717, 1.165) is 23.7 Å². The molecule has 1 N–H and O–H groups in total. The summed E-state index contributed by atoms with van der Waals surface area (Å²) in [6.45, 7) is 4.60. The second-order valence-electron chi connectivity index (χ2n) is 7.33.